The van der Waals surface area contributed by atoms with Gasteiger partial charge in [0.1, 0.15) is 0 Å². The van der Waals surface area contributed by atoms with Crippen molar-refractivity contribution in [1.29, 1.82) is 0 Å². The summed E-state index contributed by atoms with van der Waals surface area (Å²) in [5.41, 5.74) is 0. The van der Waals surface area contributed by atoms with Crippen LogP contribution in [0.5, 0.6) is 0 Å². The van der Waals surface area contributed by atoms with E-state index in [4.69, 9.17) is 0 Å². The molecule has 0 aromatic carbocycles. The highest BCUT2D eigenvalue weighted by Gasteiger charge is 2.14. The van der Waals surface area contributed by atoms with Gasteiger partial charge in [-0.15, -0.1) is 5.10 Å². The average molecular weight is 234 g/mol. The number of anilines is 1. The van der Waals surface area contributed by atoms with Crippen LogP contribution in [0.1, 0.15) is 32.1 Å². The molecule has 0 aliphatic carbocycles. The Bertz CT molecular complexity index is 349. The van der Waals surface area contributed by atoms with Crippen LogP contribution in [-0.2, 0) is 4.79 Å². The molecule has 17 heavy (non-hydrogen) atoms. The largest absolute Gasteiger partial charge is 0.314 e. The summed E-state index contributed by atoms with van der Waals surface area (Å²) in [5, 5.41) is 13.7. The normalized spacial score (nSPS) is 19.9. The van der Waals surface area contributed by atoms with E-state index in [1.54, 1.807) is 18.3 Å². The van der Waals surface area contributed by atoms with Crippen molar-refractivity contribution in [2.75, 3.05) is 11.9 Å². The lowest BCUT2D eigenvalue weighted by Crippen LogP contribution is -2.34. The van der Waals surface area contributed by atoms with Crippen LogP contribution in [0.15, 0.2) is 18.3 Å². The zero-order valence-corrected chi connectivity index (χ0v) is 9.85. The molecule has 5 nitrogen and oxygen atoms in total. The molecule has 1 aromatic rings. The van der Waals surface area contributed by atoms with Gasteiger partial charge >= 0.3 is 0 Å². The van der Waals surface area contributed by atoms with E-state index in [-0.39, 0.29) is 5.91 Å². The molecule has 1 amide bonds. The number of nitrogens with zero attached hydrogens (tertiary/aromatic N) is 2. The molecule has 0 bridgehead atoms. The Morgan fingerprint density at radius 1 is 1.53 bits per heavy atom. The summed E-state index contributed by atoms with van der Waals surface area (Å²) in [7, 11) is 0. The van der Waals surface area contributed by atoms with E-state index < -0.39 is 0 Å². The van der Waals surface area contributed by atoms with Crippen molar-refractivity contribution >= 4 is 11.7 Å². The van der Waals surface area contributed by atoms with Gasteiger partial charge < -0.3 is 10.6 Å². The number of hydrogen-bond acceptors (Lipinski definition) is 4. The van der Waals surface area contributed by atoms with Gasteiger partial charge in [0.05, 0.1) is 0 Å². The summed E-state index contributed by atoms with van der Waals surface area (Å²) in [6.45, 7) is 1.08. The maximum absolute atomic E-state index is 11.6. The molecule has 1 aromatic heterocycles. The van der Waals surface area contributed by atoms with Crippen molar-refractivity contribution in [1.82, 2.24) is 15.5 Å². The highest BCUT2D eigenvalue weighted by Crippen LogP contribution is 2.12. The van der Waals surface area contributed by atoms with Crippen LogP contribution in [-0.4, -0.2) is 28.7 Å². The predicted molar refractivity (Wildman–Crippen MR) is 65.5 cm³/mol. The number of amides is 1. The van der Waals surface area contributed by atoms with Crippen molar-refractivity contribution in [3.05, 3.63) is 18.3 Å². The van der Waals surface area contributed by atoms with E-state index in [0.29, 0.717) is 18.3 Å². The number of carbonyl (C=O) groups excluding carboxylic acids is 1. The van der Waals surface area contributed by atoms with Crippen LogP contribution in [0.2, 0.25) is 0 Å². The first-order valence-electron chi connectivity index (χ1n) is 6.15. The van der Waals surface area contributed by atoms with Crippen molar-refractivity contribution in [2.45, 2.75) is 38.1 Å². The summed E-state index contributed by atoms with van der Waals surface area (Å²) in [4.78, 5) is 11.6. The quantitative estimate of drug-likeness (QED) is 0.825. The van der Waals surface area contributed by atoms with E-state index in [2.05, 4.69) is 20.8 Å². The molecule has 1 aliphatic rings. The molecule has 1 fully saturated rings. The molecule has 5 heteroatoms. The second kappa shape index (κ2) is 6.30. The Morgan fingerprint density at radius 2 is 2.47 bits per heavy atom. The average Bonchev–Trinajstić information content (AvgIpc) is 2.39. The third-order valence-electron chi connectivity index (χ3n) is 2.97. The Balaban J connectivity index is 1.70. The maximum Gasteiger partial charge on any atom is 0.225 e. The number of piperidine rings is 1. The Morgan fingerprint density at radius 3 is 3.18 bits per heavy atom. The standard InChI is InChI=1S/C12H18N4O/c17-12(15-11-5-3-9-14-16-11)7-6-10-4-1-2-8-13-10/h3,5,9-10,13H,1-2,4,6-8H2,(H,15,16,17). The zero-order valence-electron chi connectivity index (χ0n) is 9.85. The van der Waals surface area contributed by atoms with Crippen molar-refractivity contribution in [3.8, 4) is 0 Å². The van der Waals surface area contributed by atoms with Crippen molar-refractivity contribution in [3.63, 3.8) is 0 Å². The summed E-state index contributed by atoms with van der Waals surface area (Å²) in [6.07, 6.45) is 6.71. The Kier molecular flexibility index (Phi) is 4.44. The van der Waals surface area contributed by atoms with E-state index in [1.165, 1.54) is 19.3 Å². The van der Waals surface area contributed by atoms with E-state index in [9.17, 15) is 4.79 Å². The highest BCUT2D eigenvalue weighted by atomic mass is 16.1. The summed E-state index contributed by atoms with van der Waals surface area (Å²) < 4.78 is 0. The minimum absolute atomic E-state index is 0.0119. The van der Waals surface area contributed by atoms with Gasteiger partial charge in [-0.2, -0.15) is 5.10 Å². The van der Waals surface area contributed by atoms with Gasteiger partial charge in [0.25, 0.3) is 0 Å². The van der Waals surface area contributed by atoms with Gasteiger partial charge in [-0.05, 0) is 37.9 Å². The number of hydrogen-bond donors (Lipinski definition) is 2. The molecule has 92 valence electrons. The first-order chi connectivity index (χ1) is 8.34. The molecule has 1 unspecified atom stereocenters. The van der Waals surface area contributed by atoms with Gasteiger partial charge in [0.15, 0.2) is 5.82 Å². The maximum atomic E-state index is 11.6. The lowest BCUT2D eigenvalue weighted by molar-refractivity contribution is -0.116. The van der Waals surface area contributed by atoms with Crippen LogP contribution in [0.25, 0.3) is 0 Å². The first kappa shape index (κ1) is 12.0. The predicted octanol–water partition coefficient (Wildman–Crippen LogP) is 1.34. The van der Waals surface area contributed by atoms with E-state index in [0.717, 1.165) is 13.0 Å². The molecule has 0 spiro atoms. The van der Waals surface area contributed by atoms with Gasteiger partial charge in [-0.1, -0.05) is 6.42 Å². The Hall–Kier alpha value is -1.49. The zero-order chi connectivity index (χ0) is 11.9. The molecule has 2 heterocycles. The highest BCUT2D eigenvalue weighted by molar-refractivity contribution is 5.89. The fraction of sp³-hybridized carbons (Fsp3) is 0.583. The second-order valence-corrected chi connectivity index (χ2v) is 4.34. The van der Waals surface area contributed by atoms with E-state index in [1.807, 2.05) is 0 Å². The fourth-order valence-corrected chi connectivity index (χ4v) is 2.05. The topological polar surface area (TPSA) is 66.9 Å². The molecule has 0 saturated carbocycles. The van der Waals surface area contributed by atoms with Gasteiger partial charge in [-0.25, -0.2) is 0 Å². The fourth-order valence-electron chi connectivity index (χ4n) is 2.05. The van der Waals surface area contributed by atoms with Crippen LogP contribution in [0.3, 0.4) is 0 Å². The number of rotatable bonds is 4. The summed E-state index contributed by atoms with van der Waals surface area (Å²) in [5.74, 6) is 0.534. The van der Waals surface area contributed by atoms with Crippen LogP contribution < -0.4 is 10.6 Å². The number of carbonyl (C=O) groups is 1. The van der Waals surface area contributed by atoms with Crippen molar-refractivity contribution in [2.24, 2.45) is 0 Å². The number of nitrogens with one attached hydrogen (secondary N) is 2. The molecule has 0 radical (unpaired) electrons. The Labute approximate surface area is 101 Å². The molecule has 1 aliphatic heterocycles. The van der Waals surface area contributed by atoms with Crippen LogP contribution in [0, 0.1) is 0 Å². The molecule has 2 N–H and O–H groups in total. The third kappa shape index (κ3) is 4.11. The summed E-state index contributed by atoms with van der Waals surface area (Å²) in [6, 6.07) is 3.99. The molecule has 2 rings (SSSR count). The SMILES string of the molecule is O=C(CCC1CCCCN1)Nc1cccnn1. The van der Waals surface area contributed by atoms with Crippen molar-refractivity contribution < 1.29 is 4.79 Å². The lowest BCUT2D eigenvalue weighted by Gasteiger charge is -2.22. The minimum Gasteiger partial charge on any atom is -0.314 e. The van der Waals surface area contributed by atoms with Gasteiger partial charge in [0.2, 0.25) is 5.91 Å². The first-order valence-corrected chi connectivity index (χ1v) is 6.15. The molecular weight excluding hydrogens is 216 g/mol. The summed E-state index contributed by atoms with van der Waals surface area (Å²) >= 11 is 0. The van der Waals surface area contributed by atoms with Crippen LogP contribution in [0.4, 0.5) is 5.82 Å². The smallest absolute Gasteiger partial charge is 0.225 e. The third-order valence-corrected chi connectivity index (χ3v) is 2.97. The molecule has 1 atom stereocenters. The van der Waals surface area contributed by atoms with Gasteiger partial charge in [-0.3, -0.25) is 4.79 Å². The minimum atomic E-state index is 0.0119. The molecular formula is C12H18N4O. The van der Waals surface area contributed by atoms with Crippen LogP contribution >= 0.6 is 0 Å². The van der Waals surface area contributed by atoms with Gasteiger partial charge in [0, 0.05) is 18.7 Å². The molecule has 1 saturated heterocycles. The second-order valence-electron chi connectivity index (χ2n) is 4.34. The lowest BCUT2D eigenvalue weighted by atomic mass is 10.0. The monoisotopic (exact) mass is 234 g/mol. The number of aromatic nitrogens is 2. The van der Waals surface area contributed by atoms with E-state index >= 15 is 0 Å².